The second kappa shape index (κ2) is 4.33. The number of hydrogen-bond acceptors (Lipinski definition) is 3. The Morgan fingerprint density at radius 3 is 2.74 bits per heavy atom. The van der Waals surface area contributed by atoms with Gasteiger partial charge in [-0.2, -0.15) is 0 Å². The van der Waals surface area contributed by atoms with Crippen molar-refractivity contribution in [2.75, 3.05) is 16.8 Å². The number of nitrogens with zero attached hydrogens (tertiary/aromatic N) is 1. The Kier molecular flexibility index (Phi) is 2.77. The fourth-order valence-electron chi connectivity index (χ4n) is 2.50. The van der Waals surface area contributed by atoms with E-state index < -0.39 is 17.5 Å². The van der Waals surface area contributed by atoms with Gasteiger partial charge in [0.2, 0.25) is 0 Å². The number of fused-ring (bicyclic) bond motifs is 1. The van der Waals surface area contributed by atoms with E-state index >= 15 is 0 Å². The number of anilines is 2. The van der Waals surface area contributed by atoms with Gasteiger partial charge in [-0.1, -0.05) is 6.92 Å². The zero-order valence-corrected chi connectivity index (χ0v) is 10.7. The number of amides is 1. The lowest BCUT2D eigenvalue weighted by molar-refractivity contribution is -0.112. The second-order valence-electron chi connectivity index (χ2n) is 5.06. The predicted molar refractivity (Wildman–Crippen MR) is 70.0 cm³/mol. The highest BCUT2D eigenvalue weighted by molar-refractivity contribution is 6.51. The van der Waals surface area contributed by atoms with Gasteiger partial charge in [-0.3, -0.25) is 9.59 Å². The van der Waals surface area contributed by atoms with E-state index in [0.29, 0.717) is 17.4 Å². The minimum atomic E-state index is -0.681. The molecule has 0 saturated heterocycles. The van der Waals surface area contributed by atoms with Crippen molar-refractivity contribution in [2.45, 2.75) is 32.2 Å². The van der Waals surface area contributed by atoms with Gasteiger partial charge in [-0.15, -0.1) is 0 Å². The number of benzene rings is 1. The molecule has 1 aromatic carbocycles. The van der Waals surface area contributed by atoms with E-state index in [1.165, 1.54) is 6.07 Å². The van der Waals surface area contributed by atoms with Crippen LogP contribution in [0.2, 0.25) is 0 Å². The third kappa shape index (κ3) is 1.99. The van der Waals surface area contributed by atoms with Crippen LogP contribution < -0.4 is 10.2 Å². The molecule has 0 atom stereocenters. The van der Waals surface area contributed by atoms with Crippen LogP contribution in [0.4, 0.5) is 15.8 Å². The molecule has 0 bridgehead atoms. The van der Waals surface area contributed by atoms with Gasteiger partial charge in [0.15, 0.2) is 0 Å². The quantitative estimate of drug-likeness (QED) is 0.847. The SMILES string of the molecule is CCCN(c1cc2c(cc1F)C(=O)C(=O)N2)C1CC1. The van der Waals surface area contributed by atoms with Crippen LogP contribution in [0.5, 0.6) is 0 Å². The molecule has 1 saturated carbocycles. The number of Topliss-reactive ketones (excluding diaryl/α,β-unsaturated/α-hetero) is 1. The van der Waals surface area contributed by atoms with Crippen molar-refractivity contribution in [2.24, 2.45) is 0 Å². The Labute approximate surface area is 110 Å². The molecule has 1 aromatic rings. The number of nitrogens with one attached hydrogen (secondary N) is 1. The molecule has 1 amide bonds. The van der Waals surface area contributed by atoms with Gasteiger partial charge in [0.1, 0.15) is 5.82 Å². The maximum atomic E-state index is 14.2. The second-order valence-corrected chi connectivity index (χ2v) is 5.06. The standard InChI is InChI=1S/C14H15FN2O2/c1-2-5-17(8-3-4-8)12-7-11-9(6-10(12)15)13(18)14(19)16-11/h6-8H,2-5H2,1H3,(H,16,18,19). The summed E-state index contributed by atoms with van der Waals surface area (Å²) in [4.78, 5) is 24.8. The lowest BCUT2D eigenvalue weighted by Gasteiger charge is -2.25. The fourth-order valence-corrected chi connectivity index (χ4v) is 2.50. The van der Waals surface area contributed by atoms with E-state index in [4.69, 9.17) is 0 Å². The van der Waals surface area contributed by atoms with Crippen molar-refractivity contribution in [3.8, 4) is 0 Å². The number of ketones is 1. The van der Waals surface area contributed by atoms with E-state index in [1.807, 2.05) is 11.8 Å². The van der Waals surface area contributed by atoms with Gasteiger partial charge in [-0.25, -0.2) is 4.39 Å². The molecule has 1 aliphatic carbocycles. The number of hydrogen-bond donors (Lipinski definition) is 1. The molecule has 1 aliphatic heterocycles. The van der Waals surface area contributed by atoms with Crippen LogP contribution in [-0.2, 0) is 4.79 Å². The highest BCUT2D eigenvalue weighted by Crippen LogP contribution is 2.37. The molecule has 0 spiro atoms. The van der Waals surface area contributed by atoms with Gasteiger partial charge < -0.3 is 10.2 Å². The summed E-state index contributed by atoms with van der Waals surface area (Å²) in [5.74, 6) is -1.77. The van der Waals surface area contributed by atoms with Crippen LogP contribution in [0, 0.1) is 5.82 Å². The smallest absolute Gasteiger partial charge is 0.296 e. The van der Waals surface area contributed by atoms with Gasteiger partial charge in [0.05, 0.1) is 16.9 Å². The van der Waals surface area contributed by atoms with E-state index in [-0.39, 0.29) is 5.56 Å². The monoisotopic (exact) mass is 262 g/mol. The van der Waals surface area contributed by atoms with Gasteiger partial charge >= 0.3 is 0 Å². The molecule has 1 heterocycles. The maximum Gasteiger partial charge on any atom is 0.296 e. The largest absolute Gasteiger partial charge is 0.366 e. The molecule has 5 heteroatoms. The summed E-state index contributed by atoms with van der Waals surface area (Å²) in [7, 11) is 0. The number of carbonyl (C=O) groups excluding carboxylic acids is 2. The minimum Gasteiger partial charge on any atom is -0.366 e. The molecule has 19 heavy (non-hydrogen) atoms. The number of rotatable bonds is 4. The molecule has 100 valence electrons. The third-order valence-corrected chi connectivity index (χ3v) is 3.55. The van der Waals surface area contributed by atoms with Crippen molar-refractivity contribution in [3.63, 3.8) is 0 Å². The van der Waals surface area contributed by atoms with E-state index in [1.54, 1.807) is 6.07 Å². The first kappa shape index (κ1) is 12.1. The van der Waals surface area contributed by atoms with Crippen LogP contribution in [0.1, 0.15) is 36.5 Å². The number of halogens is 1. The highest BCUT2D eigenvalue weighted by Gasteiger charge is 2.34. The Hall–Kier alpha value is -1.91. The van der Waals surface area contributed by atoms with E-state index in [9.17, 15) is 14.0 Å². The van der Waals surface area contributed by atoms with Crippen LogP contribution >= 0.6 is 0 Å². The molecular formula is C14H15FN2O2. The van der Waals surface area contributed by atoms with Gasteiger partial charge in [0, 0.05) is 12.6 Å². The topological polar surface area (TPSA) is 49.4 Å². The highest BCUT2D eigenvalue weighted by atomic mass is 19.1. The normalized spacial score (nSPS) is 17.4. The third-order valence-electron chi connectivity index (χ3n) is 3.55. The average Bonchev–Trinajstić information content (AvgIpc) is 3.17. The Morgan fingerprint density at radius 2 is 2.11 bits per heavy atom. The van der Waals surface area contributed by atoms with Crippen molar-refractivity contribution < 1.29 is 14.0 Å². The van der Waals surface area contributed by atoms with Crippen LogP contribution in [0.25, 0.3) is 0 Å². The lowest BCUT2D eigenvalue weighted by atomic mass is 10.1. The van der Waals surface area contributed by atoms with Crippen molar-refractivity contribution >= 4 is 23.1 Å². The summed E-state index contributed by atoms with van der Waals surface area (Å²) < 4.78 is 14.2. The summed E-state index contributed by atoms with van der Waals surface area (Å²) >= 11 is 0. The maximum absolute atomic E-state index is 14.2. The first-order valence-electron chi connectivity index (χ1n) is 6.57. The summed E-state index contributed by atoms with van der Waals surface area (Å²) in [6, 6.07) is 3.15. The molecular weight excluding hydrogens is 247 g/mol. The molecule has 0 radical (unpaired) electrons. The molecule has 0 aromatic heterocycles. The van der Waals surface area contributed by atoms with Gasteiger partial charge in [-0.05, 0) is 31.4 Å². The Bertz CT molecular complexity index is 567. The molecule has 1 N–H and O–H groups in total. The summed E-state index contributed by atoms with van der Waals surface area (Å²) in [6.07, 6.45) is 3.07. The molecule has 0 unspecified atom stereocenters. The van der Waals surface area contributed by atoms with Crippen molar-refractivity contribution in [1.29, 1.82) is 0 Å². The van der Waals surface area contributed by atoms with E-state index in [2.05, 4.69) is 5.32 Å². The molecule has 4 nitrogen and oxygen atoms in total. The van der Waals surface area contributed by atoms with Gasteiger partial charge in [0.25, 0.3) is 11.7 Å². The predicted octanol–water partition coefficient (Wildman–Crippen LogP) is 2.34. The van der Waals surface area contributed by atoms with Crippen LogP contribution in [0.3, 0.4) is 0 Å². The summed E-state index contributed by atoms with van der Waals surface area (Å²) in [5.41, 5.74) is 1.05. The zero-order chi connectivity index (χ0) is 13.6. The van der Waals surface area contributed by atoms with Crippen molar-refractivity contribution in [3.05, 3.63) is 23.5 Å². The van der Waals surface area contributed by atoms with E-state index in [0.717, 1.165) is 25.8 Å². The zero-order valence-electron chi connectivity index (χ0n) is 10.7. The Balaban J connectivity index is 2.01. The fraction of sp³-hybridized carbons (Fsp3) is 0.429. The molecule has 1 fully saturated rings. The number of carbonyl (C=O) groups is 2. The first-order chi connectivity index (χ1) is 9.11. The van der Waals surface area contributed by atoms with Crippen LogP contribution in [0.15, 0.2) is 12.1 Å². The molecule has 2 aliphatic rings. The summed E-state index contributed by atoms with van der Waals surface area (Å²) in [5, 5.41) is 2.49. The Morgan fingerprint density at radius 1 is 1.37 bits per heavy atom. The molecule has 3 rings (SSSR count). The minimum absolute atomic E-state index is 0.137. The van der Waals surface area contributed by atoms with Crippen LogP contribution in [-0.4, -0.2) is 24.3 Å². The first-order valence-corrected chi connectivity index (χ1v) is 6.57. The lowest BCUT2D eigenvalue weighted by Crippen LogP contribution is -2.27. The summed E-state index contributed by atoms with van der Waals surface area (Å²) in [6.45, 7) is 2.83. The van der Waals surface area contributed by atoms with Crippen molar-refractivity contribution in [1.82, 2.24) is 0 Å². The average molecular weight is 262 g/mol.